The second-order valence-corrected chi connectivity index (χ2v) is 6.10. The van der Waals surface area contributed by atoms with Gasteiger partial charge in [-0.05, 0) is 43.4 Å². The van der Waals surface area contributed by atoms with Gasteiger partial charge in [-0.15, -0.1) is 0 Å². The van der Waals surface area contributed by atoms with Crippen LogP contribution in [-0.2, 0) is 9.53 Å². The lowest BCUT2D eigenvalue weighted by Gasteiger charge is -2.12. The second kappa shape index (κ2) is 8.32. The number of carbonyl (C=O) groups excluding carboxylic acids is 1. The summed E-state index contributed by atoms with van der Waals surface area (Å²) in [6.45, 7) is 2.85. The lowest BCUT2D eigenvalue weighted by atomic mass is 10.1. The number of halogens is 1. The lowest BCUT2D eigenvalue weighted by molar-refractivity contribution is -0.118. The van der Waals surface area contributed by atoms with E-state index >= 15 is 0 Å². The second-order valence-electron chi connectivity index (χ2n) is 5.69. The molecule has 1 fully saturated rings. The van der Waals surface area contributed by atoms with E-state index in [1.165, 1.54) is 12.8 Å². The summed E-state index contributed by atoms with van der Waals surface area (Å²) < 4.78 is 5.39. The quantitative estimate of drug-likeness (QED) is 0.723. The first-order valence-corrected chi connectivity index (χ1v) is 7.91. The van der Waals surface area contributed by atoms with Crippen LogP contribution in [0.5, 0.6) is 0 Å². The molecule has 0 bridgehead atoms. The average Bonchev–Trinajstić information content (AvgIpc) is 3.31. The number of hydrogen-bond acceptors (Lipinski definition) is 3. The summed E-state index contributed by atoms with van der Waals surface area (Å²) >= 11 is 6.06. The molecule has 0 radical (unpaired) electrons. The Balaban J connectivity index is 1.74. The Morgan fingerprint density at radius 2 is 2.23 bits per heavy atom. The third-order valence-electron chi connectivity index (χ3n) is 3.49. The number of aliphatic hydroxyl groups is 1. The Kier molecular flexibility index (Phi) is 6.43. The fourth-order valence-corrected chi connectivity index (χ4v) is 2.15. The normalized spacial score (nSPS) is 16.4. The van der Waals surface area contributed by atoms with E-state index in [0.29, 0.717) is 23.1 Å². The predicted octanol–water partition coefficient (Wildman–Crippen LogP) is 2.65. The molecule has 0 spiro atoms. The highest BCUT2D eigenvalue weighted by molar-refractivity contribution is 6.32. The van der Waals surface area contributed by atoms with E-state index in [0.717, 1.165) is 5.56 Å². The van der Waals surface area contributed by atoms with Crippen molar-refractivity contribution < 1.29 is 14.6 Å². The summed E-state index contributed by atoms with van der Waals surface area (Å²) in [6.07, 6.45) is 3.49. The molecular weight excluding hydrogens is 302 g/mol. The topological polar surface area (TPSA) is 58.6 Å². The molecule has 0 aliphatic heterocycles. The highest BCUT2D eigenvalue weighted by atomic mass is 35.5. The summed E-state index contributed by atoms with van der Waals surface area (Å²) in [5.41, 5.74) is 1.34. The molecule has 1 atom stereocenters. The first-order chi connectivity index (χ1) is 10.6. The van der Waals surface area contributed by atoms with Crippen LogP contribution in [0.25, 0.3) is 6.08 Å². The van der Waals surface area contributed by atoms with Crippen molar-refractivity contribution in [3.8, 4) is 0 Å². The van der Waals surface area contributed by atoms with Crippen LogP contribution in [-0.4, -0.2) is 36.9 Å². The van der Waals surface area contributed by atoms with Gasteiger partial charge in [0.05, 0.1) is 12.7 Å². The van der Waals surface area contributed by atoms with Crippen molar-refractivity contribution in [1.82, 2.24) is 5.32 Å². The highest BCUT2D eigenvalue weighted by Gasteiger charge is 2.21. The van der Waals surface area contributed by atoms with Crippen LogP contribution in [0.1, 0.15) is 25.3 Å². The van der Waals surface area contributed by atoms with Gasteiger partial charge in [0, 0.05) is 23.7 Å². The van der Waals surface area contributed by atoms with E-state index in [9.17, 15) is 9.90 Å². The molecule has 1 aliphatic carbocycles. The molecule has 0 aromatic heterocycles. The Morgan fingerprint density at radius 1 is 1.50 bits per heavy atom. The molecule has 2 rings (SSSR count). The average molecular weight is 324 g/mol. The Labute approximate surface area is 136 Å². The number of benzene rings is 1. The van der Waals surface area contributed by atoms with Crippen molar-refractivity contribution in [2.75, 3.05) is 19.8 Å². The maximum absolute atomic E-state index is 12.0. The molecule has 1 unspecified atom stereocenters. The molecule has 22 heavy (non-hydrogen) atoms. The molecular formula is C17H22ClNO3. The number of amides is 1. The number of ether oxygens (including phenoxy) is 1. The van der Waals surface area contributed by atoms with Gasteiger partial charge in [0.2, 0.25) is 5.91 Å². The van der Waals surface area contributed by atoms with Gasteiger partial charge < -0.3 is 15.2 Å². The number of aliphatic hydroxyl groups excluding tert-OH is 1. The molecule has 1 saturated carbocycles. The molecule has 5 heteroatoms. The fraction of sp³-hybridized carbons (Fsp3) is 0.471. The number of hydrogen-bond donors (Lipinski definition) is 2. The zero-order chi connectivity index (χ0) is 15.9. The zero-order valence-corrected chi connectivity index (χ0v) is 13.5. The van der Waals surface area contributed by atoms with Gasteiger partial charge in [0.15, 0.2) is 0 Å². The van der Waals surface area contributed by atoms with Crippen LogP contribution in [0.4, 0.5) is 0 Å². The summed E-state index contributed by atoms with van der Waals surface area (Å²) in [5.74, 6) is 0.448. The molecule has 2 N–H and O–H groups in total. The summed E-state index contributed by atoms with van der Waals surface area (Å²) in [5, 5.41) is 13.1. The lowest BCUT2D eigenvalue weighted by Crippen LogP contribution is -2.35. The maximum atomic E-state index is 12.0. The van der Waals surface area contributed by atoms with E-state index in [1.807, 2.05) is 18.2 Å². The van der Waals surface area contributed by atoms with E-state index < -0.39 is 6.10 Å². The first kappa shape index (κ1) is 17.0. The van der Waals surface area contributed by atoms with E-state index in [1.54, 1.807) is 19.1 Å². The van der Waals surface area contributed by atoms with Crippen molar-refractivity contribution >= 4 is 23.6 Å². The molecule has 1 aromatic carbocycles. The van der Waals surface area contributed by atoms with Crippen LogP contribution in [0.2, 0.25) is 5.02 Å². The van der Waals surface area contributed by atoms with Crippen molar-refractivity contribution in [2.45, 2.75) is 25.9 Å². The third-order valence-corrected chi connectivity index (χ3v) is 3.84. The summed E-state index contributed by atoms with van der Waals surface area (Å²) in [6, 6.07) is 7.33. The van der Waals surface area contributed by atoms with Gasteiger partial charge in [0.25, 0.3) is 0 Å². The van der Waals surface area contributed by atoms with E-state index in [-0.39, 0.29) is 19.1 Å². The Morgan fingerprint density at radius 3 is 2.91 bits per heavy atom. The van der Waals surface area contributed by atoms with Gasteiger partial charge in [-0.3, -0.25) is 4.79 Å². The molecule has 4 nitrogen and oxygen atoms in total. The zero-order valence-electron chi connectivity index (χ0n) is 12.7. The molecule has 0 saturated heterocycles. The van der Waals surface area contributed by atoms with Gasteiger partial charge in [-0.25, -0.2) is 0 Å². The SMILES string of the molecule is C/C(=C/c1ccccc1Cl)C(=O)NCC(O)COCC1CC1. The molecule has 120 valence electrons. The van der Waals surface area contributed by atoms with Crippen molar-refractivity contribution in [3.05, 3.63) is 40.4 Å². The van der Waals surface area contributed by atoms with Crippen molar-refractivity contribution in [2.24, 2.45) is 5.92 Å². The highest BCUT2D eigenvalue weighted by Crippen LogP contribution is 2.28. The van der Waals surface area contributed by atoms with E-state index in [2.05, 4.69) is 5.32 Å². The summed E-state index contributed by atoms with van der Waals surface area (Å²) in [4.78, 5) is 12.0. The van der Waals surface area contributed by atoms with Gasteiger partial charge in [-0.2, -0.15) is 0 Å². The Hall–Kier alpha value is -1.36. The predicted molar refractivity (Wildman–Crippen MR) is 87.7 cm³/mol. The van der Waals surface area contributed by atoms with Crippen molar-refractivity contribution in [1.29, 1.82) is 0 Å². The molecule has 1 aliphatic rings. The van der Waals surface area contributed by atoms with Crippen LogP contribution < -0.4 is 5.32 Å². The van der Waals surface area contributed by atoms with Crippen LogP contribution in [0, 0.1) is 5.92 Å². The van der Waals surface area contributed by atoms with Crippen molar-refractivity contribution in [3.63, 3.8) is 0 Å². The standard InChI is InChI=1S/C17H22ClNO3/c1-12(8-14-4-2-3-5-16(14)18)17(21)19-9-15(20)11-22-10-13-6-7-13/h2-5,8,13,15,20H,6-7,9-11H2,1H3,(H,19,21)/b12-8-. The third kappa shape index (κ3) is 5.79. The minimum absolute atomic E-state index is 0.178. The van der Waals surface area contributed by atoms with Crippen LogP contribution in [0.3, 0.4) is 0 Å². The van der Waals surface area contributed by atoms with Crippen LogP contribution >= 0.6 is 11.6 Å². The molecule has 1 aromatic rings. The van der Waals surface area contributed by atoms with Crippen LogP contribution in [0.15, 0.2) is 29.8 Å². The maximum Gasteiger partial charge on any atom is 0.247 e. The molecule has 0 heterocycles. The number of carbonyl (C=O) groups is 1. The number of nitrogens with one attached hydrogen (secondary N) is 1. The summed E-state index contributed by atoms with van der Waals surface area (Å²) in [7, 11) is 0. The smallest absolute Gasteiger partial charge is 0.247 e. The van der Waals surface area contributed by atoms with Gasteiger partial charge >= 0.3 is 0 Å². The van der Waals surface area contributed by atoms with Gasteiger partial charge in [0.1, 0.15) is 0 Å². The number of rotatable bonds is 8. The fourth-order valence-electron chi connectivity index (χ4n) is 1.96. The first-order valence-electron chi connectivity index (χ1n) is 7.53. The molecule has 1 amide bonds. The minimum Gasteiger partial charge on any atom is -0.389 e. The largest absolute Gasteiger partial charge is 0.389 e. The van der Waals surface area contributed by atoms with E-state index in [4.69, 9.17) is 16.3 Å². The minimum atomic E-state index is -0.684. The Bertz CT molecular complexity index is 540. The monoisotopic (exact) mass is 323 g/mol. The van der Waals surface area contributed by atoms with Gasteiger partial charge in [-0.1, -0.05) is 29.8 Å².